The average Bonchev–Trinajstić information content (AvgIpc) is 2.69. The number of nitrogens with one attached hydrogen (secondary N) is 1. The van der Waals surface area contributed by atoms with Crippen LogP contribution in [-0.2, 0) is 16.1 Å². The van der Waals surface area contributed by atoms with Gasteiger partial charge in [-0.1, -0.05) is 32.6 Å². The summed E-state index contributed by atoms with van der Waals surface area (Å²) in [6.07, 6.45) is 6.81. The van der Waals surface area contributed by atoms with Crippen LogP contribution in [0.3, 0.4) is 0 Å². The van der Waals surface area contributed by atoms with Crippen LogP contribution >= 0.6 is 0 Å². The number of aryl methyl sites for hydroxylation is 1. The minimum Gasteiger partial charge on any atom is -0.462 e. The number of hydrogen-bond donors (Lipinski definition) is 1. The third-order valence-electron chi connectivity index (χ3n) is 4.79. The second-order valence-corrected chi connectivity index (χ2v) is 6.94. The van der Waals surface area contributed by atoms with Crippen LogP contribution < -0.4 is 10.7 Å². The average molecular weight is 404 g/mol. The van der Waals surface area contributed by atoms with Gasteiger partial charge in [0.05, 0.1) is 17.8 Å². The van der Waals surface area contributed by atoms with E-state index >= 15 is 0 Å². The van der Waals surface area contributed by atoms with Crippen LogP contribution in [0, 0.1) is 5.82 Å². The van der Waals surface area contributed by atoms with E-state index < -0.39 is 17.2 Å². The Morgan fingerprint density at radius 3 is 2.48 bits per heavy atom. The third kappa shape index (κ3) is 5.65. The number of amides is 1. The second-order valence-electron chi connectivity index (χ2n) is 6.94. The highest BCUT2D eigenvalue weighted by Gasteiger charge is 2.18. The first-order valence-electron chi connectivity index (χ1n) is 10.3. The van der Waals surface area contributed by atoms with Gasteiger partial charge in [-0.25, -0.2) is 9.18 Å². The van der Waals surface area contributed by atoms with E-state index in [1.54, 1.807) is 11.5 Å². The summed E-state index contributed by atoms with van der Waals surface area (Å²) in [6.45, 7) is 6.22. The van der Waals surface area contributed by atoms with Gasteiger partial charge in [0.1, 0.15) is 11.4 Å². The minimum absolute atomic E-state index is 0.0292. The van der Waals surface area contributed by atoms with Crippen LogP contribution in [0.25, 0.3) is 10.9 Å². The minimum atomic E-state index is -0.734. The van der Waals surface area contributed by atoms with Crippen molar-refractivity contribution in [3.63, 3.8) is 0 Å². The van der Waals surface area contributed by atoms with Crippen molar-refractivity contribution in [1.82, 2.24) is 4.57 Å². The van der Waals surface area contributed by atoms with E-state index in [-0.39, 0.29) is 29.2 Å². The Morgan fingerprint density at radius 1 is 1.10 bits per heavy atom. The van der Waals surface area contributed by atoms with Gasteiger partial charge in [0.25, 0.3) is 0 Å². The summed E-state index contributed by atoms with van der Waals surface area (Å²) < 4.78 is 21.2. The van der Waals surface area contributed by atoms with Gasteiger partial charge < -0.3 is 14.6 Å². The number of esters is 1. The molecule has 0 unspecified atom stereocenters. The van der Waals surface area contributed by atoms with Crippen molar-refractivity contribution in [3.8, 4) is 0 Å². The maximum atomic E-state index is 14.6. The second kappa shape index (κ2) is 10.7. The molecule has 0 saturated carbocycles. The van der Waals surface area contributed by atoms with Crippen LogP contribution in [0.5, 0.6) is 0 Å². The number of halogens is 1. The van der Waals surface area contributed by atoms with Crippen LogP contribution in [0.4, 0.5) is 10.1 Å². The Kier molecular flexibility index (Phi) is 8.36. The standard InChI is InChI=1S/C22H29FN2O4/c1-4-7-8-9-10-11-20(26)24-18-13-19-15(12-17(18)23)21(27)16(14-25(19)5-2)22(28)29-6-3/h12-14H,4-11H2,1-3H3,(H,24,26). The molecule has 0 atom stereocenters. The van der Waals surface area contributed by atoms with Crippen molar-refractivity contribution < 1.29 is 18.7 Å². The van der Waals surface area contributed by atoms with E-state index in [2.05, 4.69) is 12.2 Å². The number of benzene rings is 1. The summed E-state index contributed by atoms with van der Waals surface area (Å²) in [5, 5.41) is 2.68. The summed E-state index contributed by atoms with van der Waals surface area (Å²) in [7, 11) is 0. The molecule has 2 aromatic rings. The molecule has 29 heavy (non-hydrogen) atoms. The van der Waals surface area contributed by atoms with Gasteiger partial charge in [-0.2, -0.15) is 0 Å². The number of carbonyl (C=O) groups excluding carboxylic acids is 2. The zero-order chi connectivity index (χ0) is 21.4. The molecular formula is C22H29FN2O4. The van der Waals surface area contributed by atoms with E-state index in [9.17, 15) is 18.8 Å². The number of ether oxygens (including phenoxy) is 1. The Bertz CT molecular complexity index is 937. The highest BCUT2D eigenvalue weighted by atomic mass is 19.1. The van der Waals surface area contributed by atoms with Crippen molar-refractivity contribution in [3.05, 3.63) is 39.9 Å². The number of aromatic nitrogens is 1. The molecule has 1 aromatic carbocycles. The number of rotatable bonds is 10. The Morgan fingerprint density at radius 2 is 1.83 bits per heavy atom. The van der Waals surface area contributed by atoms with E-state index in [1.807, 2.05) is 6.92 Å². The fourth-order valence-electron chi connectivity index (χ4n) is 3.22. The van der Waals surface area contributed by atoms with Crippen LogP contribution in [0.1, 0.15) is 69.7 Å². The SMILES string of the molecule is CCCCCCCC(=O)Nc1cc2c(cc1F)c(=O)c(C(=O)OCC)cn2CC. The molecule has 158 valence electrons. The number of anilines is 1. The summed E-state index contributed by atoms with van der Waals surface area (Å²) in [5.74, 6) is -1.70. The molecule has 2 rings (SSSR count). The van der Waals surface area contributed by atoms with Crippen molar-refractivity contribution in [1.29, 1.82) is 0 Å². The molecule has 0 fully saturated rings. The number of hydrogen-bond acceptors (Lipinski definition) is 4. The van der Waals surface area contributed by atoms with Crippen molar-refractivity contribution in [2.75, 3.05) is 11.9 Å². The van der Waals surface area contributed by atoms with Crippen LogP contribution in [0.2, 0.25) is 0 Å². The Hall–Kier alpha value is -2.70. The maximum absolute atomic E-state index is 14.6. The normalized spacial score (nSPS) is 10.9. The van der Waals surface area contributed by atoms with Gasteiger partial charge in [0.15, 0.2) is 0 Å². The first-order chi connectivity index (χ1) is 13.9. The first kappa shape index (κ1) is 22.6. The molecule has 0 spiro atoms. The molecule has 0 bridgehead atoms. The van der Waals surface area contributed by atoms with Crippen LogP contribution in [0.15, 0.2) is 23.1 Å². The van der Waals surface area contributed by atoms with E-state index in [0.29, 0.717) is 18.5 Å². The quantitative estimate of drug-likeness (QED) is 0.462. The topological polar surface area (TPSA) is 77.4 Å². The number of fused-ring (bicyclic) bond motifs is 1. The lowest BCUT2D eigenvalue weighted by Gasteiger charge is -2.14. The Balaban J connectivity index is 2.30. The zero-order valence-corrected chi connectivity index (χ0v) is 17.3. The smallest absolute Gasteiger partial charge is 0.343 e. The molecule has 0 saturated heterocycles. The van der Waals surface area contributed by atoms with Gasteiger partial charge >= 0.3 is 5.97 Å². The van der Waals surface area contributed by atoms with Gasteiger partial charge in [-0.05, 0) is 32.4 Å². The molecule has 1 N–H and O–H groups in total. The van der Waals surface area contributed by atoms with Crippen molar-refractivity contribution in [2.24, 2.45) is 0 Å². The third-order valence-corrected chi connectivity index (χ3v) is 4.79. The lowest BCUT2D eigenvalue weighted by Crippen LogP contribution is -2.21. The fraction of sp³-hybridized carbons (Fsp3) is 0.500. The van der Waals surface area contributed by atoms with Gasteiger partial charge in [0.2, 0.25) is 11.3 Å². The van der Waals surface area contributed by atoms with Crippen molar-refractivity contribution >= 4 is 28.5 Å². The molecule has 0 radical (unpaired) electrons. The number of carbonyl (C=O) groups is 2. The molecular weight excluding hydrogens is 375 g/mol. The molecule has 7 heteroatoms. The van der Waals surface area contributed by atoms with Gasteiger partial charge in [-0.15, -0.1) is 0 Å². The maximum Gasteiger partial charge on any atom is 0.343 e. The molecule has 1 aromatic heterocycles. The summed E-state index contributed by atoms with van der Waals surface area (Å²) in [5.41, 5.74) is -0.243. The highest BCUT2D eigenvalue weighted by molar-refractivity contribution is 5.96. The Labute approximate surface area is 170 Å². The van der Waals surface area contributed by atoms with Gasteiger partial charge in [-0.3, -0.25) is 9.59 Å². The highest BCUT2D eigenvalue weighted by Crippen LogP contribution is 2.23. The van der Waals surface area contributed by atoms with Crippen molar-refractivity contribution in [2.45, 2.75) is 65.8 Å². The summed E-state index contributed by atoms with van der Waals surface area (Å²) >= 11 is 0. The zero-order valence-electron chi connectivity index (χ0n) is 17.3. The first-order valence-corrected chi connectivity index (χ1v) is 10.3. The summed E-state index contributed by atoms with van der Waals surface area (Å²) in [4.78, 5) is 36.9. The number of pyridine rings is 1. The monoisotopic (exact) mass is 404 g/mol. The van der Waals surface area contributed by atoms with E-state index in [4.69, 9.17) is 4.74 Å². The molecule has 1 amide bonds. The predicted octanol–water partition coefficient (Wildman–Crippen LogP) is 4.64. The molecule has 1 heterocycles. The predicted molar refractivity (Wildman–Crippen MR) is 112 cm³/mol. The largest absolute Gasteiger partial charge is 0.462 e. The van der Waals surface area contributed by atoms with Crippen LogP contribution in [-0.4, -0.2) is 23.1 Å². The lowest BCUT2D eigenvalue weighted by atomic mass is 10.1. The molecule has 6 nitrogen and oxygen atoms in total. The molecule has 0 aliphatic heterocycles. The summed E-state index contributed by atoms with van der Waals surface area (Å²) in [6, 6.07) is 2.52. The lowest BCUT2D eigenvalue weighted by molar-refractivity contribution is -0.116. The number of nitrogens with zero attached hydrogens (tertiary/aromatic N) is 1. The van der Waals surface area contributed by atoms with E-state index in [0.717, 1.165) is 38.2 Å². The molecule has 0 aliphatic carbocycles. The van der Waals surface area contributed by atoms with Gasteiger partial charge in [0, 0.05) is 24.5 Å². The fourth-order valence-corrected chi connectivity index (χ4v) is 3.22. The van der Waals surface area contributed by atoms with E-state index in [1.165, 1.54) is 12.3 Å². The molecule has 0 aliphatic rings. The number of unbranched alkanes of at least 4 members (excludes halogenated alkanes) is 4.